The molecule has 8 aromatic rings. The number of hydrogen-bond acceptors (Lipinski definition) is 4. The predicted molar refractivity (Wildman–Crippen MR) is 238 cm³/mol. The average molecular weight is 734 g/mol. The third-order valence-electron chi connectivity index (χ3n) is 10.3. The van der Waals surface area contributed by atoms with Gasteiger partial charge in [-0.25, -0.2) is 15.0 Å². The molecule has 0 atom stereocenters. The van der Waals surface area contributed by atoms with Gasteiger partial charge in [-0.3, -0.25) is 0 Å². The smallest absolute Gasteiger partial charge is 0.164 e. The molecular formula is C53H39N3O. The maximum Gasteiger partial charge on any atom is 0.164 e. The van der Waals surface area contributed by atoms with Crippen LogP contribution in [-0.4, -0.2) is 15.0 Å². The van der Waals surface area contributed by atoms with Gasteiger partial charge in [-0.05, 0) is 76.1 Å². The number of rotatable bonds is 6. The Bertz CT molecular complexity index is 2930. The fourth-order valence-electron chi connectivity index (χ4n) is 7.51. The van der Waals surface area contributed by atoms with Gasteiger partial charge in [-0.1, -0.05) is 183 Å². The number of furan rings is 1. The Labute approximate surface area is 332 Å². The summed E-state index contributed by atoms with van der Waals surface area (Å²) >= 11 is 0. The van der Waals surface area contributed by atoms with E-state index in [-0.39, 0.29) is 0 Å². The molecule has 1 aliphatic carbocycles. The molecule has 0 fully saturated rings. The molecule has 6 aromatic carbocycles. The van der Waals surface area contributed by atoms with E-state index in [1.807, 2.05) is 48.5 Å². The monoisotopic (exact) mass is 733 g/mol. The Morgan fingerprint density at radius 1 is 0.579 bits per heavy atom. The minimum absolute atomic E-state index is 0.593. The molecule has 9 rings (SSSR count). The van der Waals surface area contributed by atoms with Crippen molar-refractivity contribution in [2.24, 2.45) is 0 Å². The zero-order valence-corrected chi connectivity index (χ0v) is 31.6. The van der Waals surface area contributed by atoms with Crippen molar-refractivity contribution in [3.05, 3.63) is 217 Å². The third-order valence-corrected chi connectivity index (χ3v) is 10.3. The Morgan fingerprint density at radius 2 is 1.21 bits per heavy atom. The van der Waals surface area contributed by atoms with Crippen molar-refractivity contribution in [1.82, 2.24) is 15.0 Å². The zero-order chi connectivity index (χ0) is 38.6. The van der Waals surface area contributed by atoms with Gasteiger partial charge in [0.15, 0.2) is 17.5 Å². The summed E-state index contributed by atoms with van der Waals surface area (Å²) in [6, 6.07) is 49.8. The van der Waals surface area contributed by atoms with Crippen LogP contribution in [0.15, 0.2) is 205 Å². The van der Waals surface area contributed by atoms with Crippen LogP contribution in [0.4, 0.5) is 0 Å². The molecule has 272 valence electrons. The van der Waals surface area contributed by atoms with E-state index in [1.54, 1.807) is 0 Å². The van der Waals surface area contributed by atoms with E-state index in [1.165, 1.54) is 16.7 Å². The lowest BCUT2D eigenvalue weighted by Crippen LogP contribution is -2.00. The molecule has 0 saturated heterocycles. The second-order valence-corrected chi connectivity index (χ2v) is 14.0. The highest BCUT2D eigenvalue weighted by atomic mass is 16.3. The number of benzene rings is 6. The molecule has 0 unspecified atom stereocenters. The van der Waals surface area contributed by atoms with Gasteiger partial charge in [-0.15, -0.1) is 0 Å². The molecule has 0 amide bonds. The number of allylic oxidation sites excluding steroid dienone is 10. The lowest BCUT2D eigenvalue weighted by molar-refractivity contribution is 0.669. The van der Waals surface area contributed by atoms with E-state index < -0.39 is 0 Å². The normalized spacial score (nSPS) is 15.7. The lowest BCUT2D eigenvalue weighted by Gasteiger charge is -2.16. The topological polar surface area (TPSA) is 51.8 Å². The van der Waals surface area contributed by atoms with E-state index in [0.717, 1.165) is 72.9 Å². The molecule has 4 heteroatoms. The first-order valence-corrected chi connectivity index (χ1v) is 19.2. The maximum absolute atomic E-state index is 6.52. The Balaban J connectivity index is 1.09. The van der Waals surface area contributed by atoms with Gasteiger partial charge in [0.2, 0.25) is 0 Å². The molecule has 0 bridgehead atoms. The minimum Gasteiger partial charge on any atom is -0.456 e. The van der Waals surface area contributed by atoms with Crippen molar-refractivity contribution < 1.29 is 4.42 Å². The average Bonchev–Trinajstić information content (AvgIpc) is 3.65. The van der Waals surface area contributed by atoms with Gasteiger partial charge in [0.1, 0.15) is 11.2 Å². The van der Waals surface area contributed by atoms with Gasteiger partial charge >= 0.3 is 0 Å². The van der Waals surface area contributed by atoms with Crippen molar-refractivity contribution in [3.8, 4) is 45.3 Å². The molecule has 0 N–H and O–H groups in total. The summed E-state index contributed by atoms with van der Waals surface area (Å²) in [5.74, 6) is 1.82. The Hall–Kier alpha value is -7.43. The van der Waals surface area contributed by atoms with Crippen LogP contribution in [0.2, 0.25) is 0 Å². The minimum atomic E-state index is 0.593. The highest BCUT2D eigenvalue weighted by Crippen LogP contribution is 2.38. The number of aromatic nitrogens is 3. The zero-order valence-electron chi connectivity index (χ0n) is 31.6. The summed E-state index contributed by atoms with van der Waals surface area (Å²) in [5, 5.41) is 1.98. The Morgan fingerprint density at radius 3 is 1.96 bits per heavy atom. The van der Waals surface area contributed by atoms with E-state index in [9.17, 15) is 0 Å². The van der Waals surface area contributed by atoms with Gasteiger partial charge in [0.25, 0.3) is 0 Å². The molecule has 0 radical (unpaired) electrons. The van der Waals surface area contributed by atoms with E-state index >= 15 is 0 Å². The maximum atomic E-state index is 6.52. The van der Waals surface area contributed by atoms with Crippen molar-refractivity contribution >= 4 is 39.2 Å². The highest BCUT2D eigenvalue weighted by Gasteiger charge is 2.18. The van der Waals surface area contributed by atoms with E-state index in [2.05, 4.69) is 159 Å². The SMILES string of the molecule is C=C1/C=C\C=C/CC(=C/C=C/c2ccc3c(c2)oc2cccc(-c4nc(-c5ccccc5)nc(-c5ccc(-c6ccccc6)cc5)n4)c23)/C(=C\C)c2ccccc21. The molecule has 4 nitrogen and oxygen atoms in total. The van der Waals surface area contributed by atoms with Crippen LogP contribution in [0.25, 0.3) is 84.5 Å². The van der Waals surface area contributed by atoms with Crippen LogP contribution in [0.1, 0.15) is 30.0 Å². The van der Waals surface area contributed by atoms with E-state index in [4.69, 9.17) is 19.4 Å². The van der Waals surface area contributed by atoms with Gasteiger partial charge < -0.3 is 4.42 Å². The van der Waals surface area contributed by atoms with Crippen LogP contribution in [0.5, 0.6) is 0 Å². The summed E-state index contributed by atoms with van der Waals surface area (Å²) in [6.45, 7) is 6.43. The fraction of sp³-hybridized carbons (Fsp3) is 0.0377. The van der Waals surface area contributed by atoms with Crippen molar-refractivity contribution in [3.63, 3.8) is 0 Å². The fourth-order valence-corrected chi connectivity index (χ4v) is 7.51. The Kier molecular flexibility index (Phi) is 9.74. The second kappa shape index (κ2) is 15.7. The third kappa shape index (κ3) is 7.25. The first-order chi connectivity index (χ1) is 28.1. The summed E-state index contributed by atoms with van der Waals surface area (Å²) in [6.07, 6.45) is 17.9. The molecule has 0 aliphatic heterocycles. The summed E-state index contributed by atoms with van der Waals surface area (Å²) in [7, 11) is 0. The van der Waals surface area contributed by atoms with Crippen molar-refractivity contribution in [2.75, 3.05) is 0 Å². The van der Waals surface area contributed by atoms with Crippen molar-refractivity contribution in [1.29, 1.82) is 0 Å². The van der Waals surface area contributed by atoms with Crippen molar-refractivity contribution in [2.45, 2.75) is 13.3 Å². The summed E-state index contributed by atoms with van der Waals surface area (Å²) < 4.78 is 6.52. The molecule has 2 aromatic heterocycles. The van der Waals surface area contributed by atoms with Crippen LogP contribution in [0.3, 0.4) is 0 Å². The van der Waals surface area contributed by atoms with Gasteiger partial charge in [0.05, 0.1) is 0 Å². The molecule has 57 heavy (non-hydrogen) atoms. The standard InChI is InChI=1S/C53H39N3O/c1-3-43-40(21-10-4-7-17-36(2)44-25-13-14-26-45(43)44)24-15-18-37-29-34-46-49(35-37)57-48-28-16-27-47(50(46)48)53-55-51(41-22-11-6-12-23-41)54-52(56-53)42-32-30-39(31-33-42)38-19-8-5-9-20-38/h3-20,22-35H,2,21H2,1H3/b10-4-,17-7-,18-15+,40-24-,43-3+. The first-order valence-electron chi connectivity index (χ1n) is 19.2. The first kappa shape index (κ1) is 35.3. The molecular weight excluding hydrogens is 695 g/mol. The molecule has 2 heterocycles. The largest absolute Gasteiger partial charge is 0.456 e. The number of nitrogens with zero attached hydrogens (tertiary/aromatic N) is 3. The molecule has 1 aliphatic rings. The summed E-state index contributed by atoms with van der Waals surface area (Å²) in [5.41, 5.74) is 13.4. The summed E-state index contributed by atoms with van der Waals surface area (Å²) in [4.78, 5) is 15.1. The van der Waals surface area contributed by atoms with E-state index in [0.29, 0.717) is 17.5 Å². The molecule has 0 saturated carbocycles. The number of hydrogen-bond donors (Lipinski definition) is 0. The highest BCUT2D eigenvalue weighted by molar-refractivity contribution is 6.12. The molecule has 0 spiro atoms. The second-order valence-electron chi connectivity index (χ2n) is 14.0. The van der Waals surface area contributed by atoms with Crippen LogP contribution in [0, 0.1) is 0 Å². The lowest BCUT2D eigenvalue weighted by atomic mass is 9.88. The van der Waals surface area contributed by atoms with Gasteiger partial charge in [0, 0.05) is 27.5 Å². The van der Waals surface area contributed by atoms with Crippen LogP contribution in [-0.2, 0) is 0 Å². The number of fused-ring (bicyclic) bond motifs is 4. The quantitative estimate of drug-likeness (QED) is 0.171. The van der Waals surface area contributed by atoms with Crippen LogP contribution < -0.4 is 0 Å². The predicted octanol–water partition coefficient (Wildman–Crippen LogP) is 14.0. The van der Waals surface area contributed by atoms with Crippen LogP contribution >= 0.6 is 0 Å². The van der Waals surface area contributed by atoms with Gasteiger partial charge in [-0.2, -0.15) is 0 Å².